The Kier molecular flexibility index (Phi) is 5.35. The molecule has 0 fully saturated rings. The lowest BCUT2D eigenvalue weighted by Crippen LogP contribution is -2.34. The molecule has 1 unspecified atom stereocenters. The van der Waals surface area contributed by atoms with E-state index in [4.69, 9.17) is 0 Å². The molecule has 1 aliphatic heterocycles. The number of anilines is 1. The summed E-state index contributed by atoms with van der Waals surface area (Å²) in [6, 6.07) is 18.3. The molecule has 0 saturated heterocycles. The van der Waals surface area contributed by atoms with Crippen molar-refractivity contribution < 1.29 is 0 Å². The van der Waals surface area contributed by atoms with Crippen LogP contribution in [0.1, 0.15) is 37.0 Å². The van der Waals surface area contributed by atoms with Gasteiger partial charge in [0.25, 0.3) is 0 Å². The molecule has 2 nitrogen and oxygen atoms in total. The zero-order valence-electron chi connectivity index (χ0n) is 14.4. The van der Waals surface area contributed by atoms with Gasteiger partial charge in [0.2, 0.25) is 0 Å². The summed E-state index contributed by atoms with van der Waals surface area (Å²) in [4.78, 5) is 2.56. The number of aryl methyl sites for hydroxylation is 1. The molecule has 2 aromatic rings. The molecule has 122 valence electrons. The summed E-state index contributed by atoms with van der Waals surface area (Å²) in [6.45, 7) is 7.84. The first-order valence-electron chi connectivity index (χ1n) is 8.90. The van der Waals surface area contributed by atoms with E-state index >= 15 is 0 Å². The fourth-order valence-electron chi connectivity index (χ4n) is 3.52. The second kappa shape index (κ2) is 7.65. The lowest BCUT2D eigenvalue weighted by atomic mass is 9.97. The van der Waals surface area contributed by atoms with Gasteiger partial charge in [0, 0.05) is 24.8 Å². The molecular formula is C21H28N2. The average Bonchev–Trinajstić information content (AvgIpc) is 2.60. The van der Waals surface area contributed by atoms with Crippen LogP contribution in [0, 0.1) is 0 Å². The van der Waals surface area contributed by atoms with Gasteiger partial charge in [-0.2, -0.15) is 0 Å². The Bertz CT molecular complexity index is 621. The van der Waals surface area contributed by atoms with Gasteiger partial charge in [0.15, 0.2) is 0 Å². The van der Waals surface area contributed by atoms with E-state index in [1.807, 2.05) is 0 Å². The van der Waals surface area contributed by atoms with Crippen LogP contribution in [-0.4, -0.2) is 24.0 Å². The largest absolute Gasteiger partial charge is 0.385 e. The maximum Gasteiger partial charge on any atom is 0.0372 e. The first-order valence-corrected chi connectivity index (χ1v) is 8.90. The summed E-state index contributed by atoms with van der Waals surface area (Å²) >= 11 is 0. The Hall–Kier alpha value is -1.80. The van der Waals surface area contributed by atoms with E-state index in [9.17, 15) is 0 Å². The lowest BCUT2D eigenvalue weighted by Gasteiger charge is -2.28. The van der Waals surface area contributed by atoms with Crippen LogP contribution in [0.15, 0.2) is 48.5 Å². The Balaban J connectivity index is 1.66. The SMILES string of the molecule is CCN(Cc1ccccc1)C(C)Cc1ccc2c(c1)CCCN2. The molecule has 0 radical (unpaired) electrons. The average molecular weight is 308 g/mol. The summed E-state index contributed by atoms with van der Waals surface area (Å²) < 4.78 is 0. The highest BCUT2D eigenvalue weighted by Crippen LogP contribution is 2.24. The predicted octanol–water partition coefficient (Wildman–Crippen LogP) is 4.50. The molecule has 0 spiro atoms. The number of fused-ring (bicyclic) bond motifs is 1. The molecule has 0 aromatic heterocycles. The molecule has 23 heavy (non-hydrogen) atoms. The van der Waals surface area contributed by atoms with Crippen LogP contribution in [0.2, 0.25) is 0 Å². The predicted molar refractivity (Wildman–Crippen MR) is 98.9 cm³/mol. The maximum absolute atomic E-state index is 3.50. The number of rotatable bonds is 6. The van der Waals surface area contributed by atoms with E-state index in [2.05, 4.69) is 72.6 Å². The summed E-state index contributed by atoms with van der Waals surface area (Å²) in [7, 11) is 0. The molecule has 1 N–H and O–H groups in total. The minimum atomic E-state index is 0.551. The summed E-state index contributed by atoms with van der Waals surface area (Å²) in [6.07, 6.45) is 3.58. The Morgan fingerprint density at radius 2 is 1.91 bits per heavy atom. The van der Waals surface area contributed by atoms with E-state index in [1.165, 1.54) is 35.2 Å². The van der Waals surface area contributed by atoms with Crippen LogP contribution >= 0.6 is 0 Å². The molecule has 1 heterocycles. The van der Waals surface area contributed by atoms with Gasteiger partial charge < -0.3 is 5.32 Å². The van der Waals surface area contributed by atoms with Crippen LogP contribution in [0.5, 0.6) is 0 Å². The minimum absolute atomic E-state index is 0.551. The third kappa shape index (κ3) is 4.14. The zero-order chi connectivity index (χ0) is 16.1. The molecule has 0 saturated carbocycles. The first-order chi connectivity index (χ1) is 11.3. The van der Waals surface area contributed by atoms with Crippen LogP contribution < -0.4 is 5.32 Å². The molecule has 0 bridgehead atoms. The first kappa shape index (κ1) is 16.1. The molecule has 2 heteroatoms. The van der Waals surface area contributed by atoms with Crippen molar-refractivity contribution in [2.45, 2.75) is 45.7 Å². The third-order valence-corrected chi connectivity index (χ3v) is 4.90. The monoisotopic (exact) mass is 308 g/mol. The van der Waals surface area contributed by atoms with Crippen molar-refractivity contribution in [2.75, 3.05) is 18.4 Å². The summed E-state index contributed by atoms with van der Waals surface area (Å²) in [5.74, 6) is 0. The van der Waals surface area contributed by atoms with Crippen LogP contribution in [0.3, 0.4) is 0 Å². The molecular weight excluding hydrogens is 280 g/mol. The van der Waals surface area contributed by atoms with Gasteiger partial charge in [-0.05, 0) is 55.5 Å². The van der Waals surface area contributed by atoms with Crippen LogP contribution in [-0.2, 0) is 19.4 Å². The quantitative estimate of drug-likeness (QED) is 0.845. The second-order valence-corrected chi connectivity index (χ2v) is 6.62. The second-order valence-electron chi connectivity index (χ2n) is 6.62. The minimum Gasteiger partial charge on any atom is -0.385 e. The molecule has 1 atom stereocenters. The van der Waals surface area contributed by atoms with Gasteiger partial charge in [-0.1, -0.05) is 49.4 Å². The number of likely N-dealkylation sites (N-methyl/N-ethyl adjacent to an activating group) is 1. The van der Waals surface area contributed by atoms with E-state index < -0.39 is 0 Å². The zero-order valence-corrected chi connectivity index (χ0v) is 14.4. The van der Waals surface area contributed by atoms with Crippen molar-refractivity contribution in [1.82, 2.24) is 4.90 Å². The van der Waals surface area contributed by atoms with E-state index in [0.29, 0.717) is 6.04 Å². The number of hydrogen-bond acceptors (Lipinski definition) is 2. The molecule has 3 rings (SSSR count). The standard InChI is InChI=1S/C21H28N2/c1-3-23(16-18-8-5-4-6-9-18)17(2)14-19-11-12-21-20(15-19)10-7-13-22-21/h4-6,8-9,11-12,15,17,22H,3,7,10,13-14,16H2,1-2H3. The topological polar surface area (TPSA) is 15.3 Å². The van der Waals surface area contributed by atoms with Gasteiger partial charge in [-0.3, -0.25) is 4.90 Å². The highest BCUT2D eigenvalue weighted by molar-refractivity contribution is 5.54. The molecule has 2 aromatic carbocycles. The third-order valence-electron chi connectivity index (χ3n) is 4.90. The van der Waals surface area contributed by atoms with Crippen molar-refractivity contribution in [3.63, 3.8) is 0 Å². The Labute approximate surface area is 140 Å². The lowest BCUT2D eigenvalue weighted by molar-refractivity contribution is 0.209. The Morgan fingerprint density at radius 1 is 1.09 bits per heavy atom. The number of benzene rings is 2. The number of nitrogens with one attached hydrogen (secondary N) is 1. The fourth-order valence-corrected chi connectivity index (χ4v) is 3.52. The number of hydrogen-bond donors (Lipinski definition) is 1. The highest BCUT2D eigenvalue weighted by atomic mass is 15.1. The van der Waals surface area contributed by atoms with Crippen molar-refractivity contribution >= 4 is 5.69 Å². The molecule has 0 amide bonds. The van der Waals surface area contributed by atoms with Crippen molar-refractivity contribution in [3.8, 4) is 0 Å². The van der Waals surface area contributed by atoms with Gasteiger partial charge >= 0.3 is 0 Å². The maximum atomic E-state index is 3.50. The normalized spacial score (nSPS) is 15.1. The highest BCUT2D eigenvalue weighted by Gasteiger charge is 2.15. The summed E-state index contributed by atoms with van der Waals surface area (Å²) in [5, 5.41) is 3.50. The van der Waals surface area contributed by atoms with Gasteiger partial charge in [0.1, 0.15) is 0 Å². The van der Waals surface area contributed by atoms with Gasteiger partial charge in [0.05, 0.1) is 0 Å². The van der Waals surface area contributed by atoms with Crippen LogP contribution in [0.25, 0.3) is 0 Å². The smallest absolute Gasteiger partial charge is 0.0372 e. The van der Waals surface area contributed by atoms with Crippen molar-refractivity contribution in [1.29, 1.82) is 0 Å². The van der Waals surface area contributed by atoms with E-state index in [0.717, 1.165) is 26.1 Å². The molecule has 1 aliphatic rings. The Morgan fingerprint density at radius 3 is 2.70 bits per heavy atom. The fraction of sp³-hybridized carbons (Fsp3) is 0.429. The summed E-state index contributed by atoms with van der Waals surface area (Å²) in [5.41, 5.74) is 5.69. The molecule has 0 aliphatic carbocycles. The van der Waals surface area contributed by atoms with Gasteiger partial charge in [-0.15, -0.1) is 0 Å². The van der Waals surface area contributed by atoms with E-state index in [1.54, 1.807) is 0 Å². The van der Waals surface area contributed by atoms with Gasteiger partial charge in [-0.25, -0.2) is 0 Å². The van der Waals surface area contributed by atoms with Crippen LogP contribution in [0.4, 0.5) is 5.69 Å². The van der Waals surface area contributed by atoms with Crippen molar-refractivity contribution in [3.05, 3.63) is 65.2 Å². The van der Waals surface area contributed by atoms with E-state index in [-0.39, 0.29) is 0 Å². The van der Waals surface area contributed by atoms with Crippen molar-refractivity contribution in [2.24, 2.45) is 0 Å². The number of nitrogens with zero attached hydrogens (tertiary/aromatic N) is 1.